The van der Waals surface area contributed by atoms with E-state index in [1.165, 1.54) is 0 Å². The van der Waals surface area contributed by atoms with Gasteiger partial charge in [0.15, 0.2) is 5.82 Å². The molecule has 0 radical (unpaired) electrons. The molecule has 7 nitrogen and oxygen atoms in total. The number of rotatable bonds is 2. The summed E-state index contributed by atoms with van der Waals surface area (Å²) in [7, 11) is 0. The summed E-state index contributed by atoms with van der Waals surface area (Å²) in [6.07, 6.45) is 4.81. The topological polar surface area (TPSA) is 80.9 Å². The van der Waals surface area contributed by atoms with Crippen LogP contribution in [0.2, 0.25) is 0 Å². The average molecular weight is 215 g/mol. The molecule has 7 heteroatoms. The molecule has 0 saturated carbocycles. The maximum absolute atomic E-state index is 4.33. The zero-order valence-electron chi connectivity index (χ0n) is 8.62. The fourth-order valence-corrected chi connectivity index (χ4v) is 1.58. The molecule has 0 fully saturated rings. The van der Waals surface area contributed by atoms with E-state index in [0.717, 1.165) is 6.54 Å². The molecule has 3 aromatic rings. The summed E-state index contributed by atoms with van der Waals surface area (Å²) in [5.41, 5.74) is 2.03. The highest BCUT2D eigenvalue weighted by Crippen LogP contribution is 2.19. The Morgan fingerprint density at radius 1 is 1.25 bits per heavy atom. The molecule has 0 amide bonds. The smallest absolute Gasteiger partial charge is 0.205 e. The van der Waals surface area contributed by atoms with Crippen molar-refractivity contribution in [3.63, 3.8) is 0 Å². The number of hydrogen-bond donors (Lipinski definition) is 1. The first-order valence-corrected chi connectivity index (χ1v) is 4.94. The van der Waals surface area contributed by atoms with E-state index in [1.54, 1.807) is 23.2 Å². The number of aromatic nitrogens is 6. The van der Waals surface area contributed by atoms with Gasteiger partial charge in [0.2, 0.25) is 5.65 Å². The zero-order valence-corrected chi connectivity index (χ0v) is 8.62. The molecule has 0 bridgehead atoms. The lowest BCUT2D eigenvalue weighted by Gasteiger charge is -2.05. The van der Waals surface area contributed by atoms with Gasteiger partial charge in [0.1, 0.15) is 17.4 Å². The lowest BCUT2D eigenvalue weighted by atomic mass is 10.4. The second-order valence-corrected chi connectivity index (χ2v) is 3.23. The fourth-order valence-electron chi connectivity index (χ4n) is 1.58. The predicted octanol–water partition coefficient (Wildman–Crippen LogP) is 0.499. The van der Waals surface area contributed by atoms with Crippen LogP contribution >= 0.6 is 0 Å². The molecule has 3 rings (SSSR count). The Kier molecular flexibility index (Phi) is 1.89. The second-order valence-electron chi connectivity index (χ2n) is 3.23. The Labute approximate surface area is 90.5 Å². The van der Waals surface area contributed by atoms with Gasteiger partial charge in [-0.1, -0.05) is 0 Å². The molecule has 16 heavy (non-hydrogen) atoms. The first-order valence-electron chi connectivity index (χ1n) is 4.94. The summed E-state index contributed by atoms with van der Waals surface area (Å²) in [4.78, 5) is 8.52. The fraction of sp³-hybridized carbons (Fsp3) is 0.222. The van der Waals surface area contributed by atoms with Crippen LogP contribution < -0.4 is 5.32 Å². The minimum Gasteiger partial charge on any atom is -0.367 e. The summed E-state index contributed by atoms with van der Waals surface area (Å²) in [5.74, 6) is 0.693. The van der Waals surface area contributed by atoms with Gasteiger partial charge >= 0.3 is 0 Å². The van der Waals surface area contributed by atoms with Gasteiger partial charge in [-0.3, -0.25) is 0 Å². The summed E-state index contributed by atoms with van der Waals surface area (Å²) in [6.45, 7) is 2.77. The van der Waals surface area contributed by atoms with E-state index in [2.05, 4.69) is 30.6 Å². The van der Waals surface area contributed by atoms with Crippen molar-refractivity contribution in [2.24, 2.45) is 0 Å². The Bertz CT molecular complexity index is 644. The van der Waals surface area contributed by atoms with Crippen molar-refractivity contribution in [3.05, 3.63) is 18.7 Å². The molecule has 0 unspecified atom stereocenters. The molecule has 0 aliphatic rings. The molecule has 0 aromatic carbocycles. The minimum atomic E-state index is 0.616. The van der Waals surface area contributed by atoms with Gasteiger partial charge in [-0.2, -0.15) is 4.52 Å². The van der Waals surface area contributed by atoms with Crippen molar-refractivity contribution in [1.29, 1.82) is 0 Å². The Morgan fingerprint density at radius 2 is 2.06 bits per heavy atom. The lowest BCUT2D eigenvalue weighted by Crippen LogP contribution is -2.05. The third kappa shape index (κ3) is 1.18. The molecule has 0 saturated heterocycles. The number of fused-ring (bicyclic) bond motifs is 3. The molecular weight excluding hydrogens is 206 g/mol. The van der Waals surface area contributed by atoms with Gasteiger partial charge in [-0.05, 0) is 6.92 Å². The minimum absolute atomic E-state index is 0.616. The standard InChI is InChI=1S/C9H9N7/c1-2-10-8-6-7(12-4-3-11-6)9-14-13-5-16(9)15-8/h3-5H,2H2,1H3,(H,10,15). The van der Waals surface area contributed by atoms with Crippen LogP contribution in [0.15, 0.2) is 18.7 Å². The number of nitrogens with one attached hydrogen (secondary N) is 1. The van der Waals surface area contributed by atoms with Gasteiger partial charge < -0.3 is 5.32 Å². The van der Waals surface area contributed by atoms with Gasteiger partial charge in [0, 0.05) is 18.9 Å². The van der Waals surface area contributed by atoms with E-state index in [0.29, 0.717) is 22.5 Å². The average Bonchev–Trinajstić information content (AvgIpc) is 2.78. The number of hydrogen-bond acceptors (Lipinski definition) is 6. The summed E-state index contributed by atoms with van der Waals surface area (Å²) >= 11 is 0. The van der Waals surface area contributed by atoms with E-state index in [4.69, 9.17) is 0 Å². The number of anilines is 1. The highest BCUT2D eigenvalue weighted by molar-refractivity contribution is 5.93. The maximum atomic E-state index is 4.33. The Morgan fingerprint density at radius 3 is 2.88 bits per heavy atom. The third-order valence-corrected chi connectivity index (χ3v) is 2.22. The van der Waals surface area contributed by atoms with Gasteiger partial charge in [-0.25, -0.2) is 9.97 Å². The molecule has 0 spiro atoms. The molecular formula is C9H9N7. The molecule has 0 aliphatic heterocycles. The van der Waals surface area contributed by atoms with Gasteiger partial charge in [0.25, 0.3) is 0 Å². The van der Waals surface area contributed by atoms with Crippen molar-refractivity contribution in [3.8, 4) is 0 Å². The van der Waals surface area contributed by atoms with E-state index in [-0.39, 0.29) is 0 Å². The Hall–Kier alpha value is -2.31. The normalized spacial score (nSPS) is 11.1. The summed E-state index contributed by atoms with van der Waals surface area (Å²) in [6, 6.07) is 0. The van der Waals surface area contributed by atoms with Crippen molar-refractivity contribution in [2.45, 2.75) is 6.92 Å². The quantitative estimate of drug-likeness (QED) is 0.670. The zero-order chi connectivity index (χ0) is 11.0. The van der Waals surface area contributed by atoms with Crippen LogP contribution in [-0.4, -0.2) is 36.3 Å². The van der Waals surface area contributed by atoms with Crippen LogP contribution in [0, 0.1) is 0 Å². The van der Waals surface area contributed by atoms with Crippen LogP contribution in [0.1, 0.15) is 6.92 Å². The van der Waals surface area contributed by atoms with Crippen LogP contribution in [-0.2, 0) is 0 Å². The van der Waals surface area contributed by atoms with Crippen LogP contribution in [0.25, 0.3) is 16.7 Å². The van der Waals surface area contributed by atoms with Crippen molar-refractivity contribution >= 4 is 22.5 Å². The van der Waals surface area contributed by atoms with Crippen LogP contribution in [0.3, 0.4) is 0 Å². The lowest BCUT2D eigenvalue weighted by molar-refractivity contribution is 0.926. The van der Waals surface area contributed by atoms with Gasteiger partial charge in [0.05, 0.1) is 0 Å². The molecule has 3 aromatic heterocycles. The van der Waals surface area contributed by atoms with Crippen molar-refractivity contribution in [2.75, 3.05) is 11.9 Å². The van der Waals surface area contributed by atoms with Crippen LogP contribution in [0.4, 0.5) is 5.82 Å². The molecule has 1 N–H and O–H groups in total. The first-order chi connectivity index (χ1) is 7.90. The predicted molar refractivity (Wildman–Crippen MR) is 58.0 cm³/mol. The van der Waals surface area contributed by atoms with E-state index in [9.17, 15) is 0 Å². The number of nitrogens with zero attached hydrogens (tertiary/aromatic N) is 6. The molecule has 0 aliphatic carbocycles. The largest absolute Gasteiger partial charge is 0.367 e. The highest BCUT2D eigenvalue weighted by Gasteiger charge is 2.10. The Balaban J connectivity index is 2.45. The van der Waals surface area contributed by atoms with E-state index in [1.807, 2.05) is 6.92 Å². The maximum Gasteiger partial charge on any atom is 0.205 e. The summed E-state index contributed by atoms with van der Waals surface area (Å²) in [5, 5.41) is 15.2. The van der Waals surface area contributed by atoms with Crippen molar-refractivity contribution in [1.82, 2.24) is 29.8 Å². The van der Waals surface area contributed by atoms with Crippen molar-refractivity contribution < 1.29 is 0 Å². The SMILES string of the molecule is CCNc1nn2cnnc2c2nccnc12. The first kappa shape index (κ1) is 8.96. The van der Waals surface area contributed by atoms with E-state index >= 15 is 0 Å². The molecule has 80 valence electrons. The molecule has 3 heterocycles. The summed E-state index contributed by atoms with van der Waals surface area (Å²) < 4.78 is 1.59. The van der Waals surface area contributed by atoms with Gasteiger partial charge in [-0.15, -0.1) is 15.3 Å². The third-order valence-electron chi connectivity index (χ3n) is 2.22. The van der Waals surface area contributed by atoms with Crippen LogP contribution in [0.5, 0.6) is 0 Å². The molecule has 0 atom stereocenters. The monoisotopic (exact) mass is 215 g/mol. The highest BCUT2D eigenvalue weighted by atomic mass is 15.4. The second kappa shape index (κ2) is 3.37. The van der Waals surface area contributed by atoms with E-state index < -0.39 is 0 Å².